The second-order valence-corrected chi connectivity index (χ2v) is 5.14. The summed E-state index contributed by atoms with van der Waals surface area (Å²) in [6, 6.07) is 15.4. The van der Waals surface area contributed by atoms with Gasteiger partial charge in [-0.2, -0.15) is 0 Å². The first-order chi connectivity index (χ1) is 9.69. The number of halogens is 1. The first kappa shape index (κ1) is 14.5. The highest BCUT2D eigenvalue weighted by Crippen LogP contribution is 2.14. The van der Waals surface area contributed by atoms with Crippen molar-refractivity contribution in [3.05, 3.63) is 69.7 Å². The molecule has 2 aromatic carbocycles. The maximum atomic E-state index is 11.5. The average molecular weight is 331 g/mol. The third-order valence-corrected chi connectivity index (χ3v) is 3.29. The van der Waals surface area contributed by atoms with Crippen LogP contribution in [-0.2, 0) is 4.74 Å². The van der Waals surface area contributed by atoms with Gasteiger partial charge in [-0.05, 0) is 42.3 Å². The predicted octanol–water partition coefficient (Wildman–Crippen LogP) is 4.80. The monoisotopic (exact) mass is 330 g/mol. The molecule has 0 saturated heterocycles. The maximum Gasteiger partial charge on any atom is 0.338 e. The molecule has 2 aromatic rings. The molecule has 0 aromatic heterocycles. The Kier molecular flexibility index (Phi) is 5.13. The van der Waals surface area contributed by atoms with E-state index < -0.39 is 0 Å². The zero-order valence-electron chi connectivity index (χ0n) is 11.2. The normalized spacial score (nSPS) is 10.7. The fraction of sp³-hybridized carbons (Fsp3) is 0.118. The van der Waals surface area contributed by atoms with Crippen LogP contribution in [0.1, 0.15) is 28.4 Å². The van der Waals surface area contributed by atoms with Crippen LogP contribution in [0.3, 0.4) is 0 Å². The smallest absolute Gasteiger partial charge is 0.338 e. The van der Waals surface area contributed by atoms with Crippen molar-refractivity contribution in [1.82, 2.24) is 0 Å². The Bertz CT molecular complexity index is 598. The topological polar surface area (TPSA) is 26.3 Å². The van der Waals surface area contributed by atoms with E-state index in [1.165, 1.54) is 0 Å². The molecule has 102 valence electrons. The predicted molar refractivity (Wildman–Crippen MR) is 85.5 cm³/mol. The zero-order chi connectivity index (χ0) is 14.4. The molecule has 0 aliphatic carbocycles. The third-order valence-electron chi connectivity index (χ3n) is 2.76. The maximum absolute atomic E-state index is 11.5. The minimum Gasteiger partial charge on any atom is -0.462 e. The highest BCUT2D eigenvalue weighted by atomic mass is 79.9. The van der Waals surface area contributed by atoms with Gasteiger partial charge in [0.15, 0.2) is 0 Å². The molecule has 0 atom stereocenters. The fourth-order valence-corrected chi connectivity index (χ4v) is 1.98. The van der Waals surface area contributed by atoms with Crippen LogP contribution in [0.2, 0.25) is 0 Å². The number of hydrogen-bond acceptors (Lipinski definition) is 2. The Morgan fingerprint density at radius 3 is 2.00 bits per heavy atom. The lowest BCUT2D eigenvalue weighted by molar-refractivity contribution is 0.0526. The molecular formula is C17H15BrO2. The van der Waals surface area contributed by atoms with Gasteiger partial charge < -0.3 is 4.74 Å². The number of rotatable bonds is 4. The molecule has 2 rings (SSSR count). The standard InChI is InChI=1S/C17H15BrO2/c1-2-20-17(19)15-9-5-13(6-10-15)3-4-14-7-11-16(18)12-8-14/h3-12H,2H2,1H3. The van der Waals surface area contributed by atoms with Gasteiger partial charge in [0.25, 0.3) is 0 Å². The number of carbonyl (C=O) groups excluding carboxylic acids is 1. The van der Waals surface area contributed by atoms with E-state index in [4.69, 9.17) is 4.74 Å². The summed E-state index contributed by atoms with van der Waals surface area (Å²) in [7, 11) is 0. The van der Waals surface area contributed by atoms with Gasteiger partial charge in [-0.1, -0.05) is 52.3 Å². The molecule has 20 heavy (non-hydrogen) atoms. The van der Waals surface area contributed by atoms with Gasteiger partial charge in [-0.25, -0.2) is 4.79 Å². The van der Waals surface area contributed by atoms with Crippen LogP contribution < -0.4 is 0 Å². The summed E-state index contributed by atoms with van der Waals surface area (Å²) in [5.74, 6) is -0.282. The van der Waals surface area contributed by atoms with E-state index in [0.29, 0.717) is 12.2 Å². The molecule has 2 nitrogen and oxygen atoms in total. The largest absolute Gasteiger partial charge is 0.462 e. The highest BCUT2D eigenvalue weighted by molar-refractivity contribution is 9.10. The number of carbonyl (C=O) groups is 1. The van der Waals surface area contributed by atoms with Crippen molar-refractivity contribution in [1.29, 1.82) is 0 Å². The van der Waals surface area contributed by atoms with Crippen LogP contribution in [0, 0.1) is 0 Å². The van der Waals surface area contributed by atoms with E-state index >= 15 is 0 Å². The molecular weight excluding hydrogens is 316 g/mol. The number of ether oxygens (including phenoxy) is 1. The van der Waals surface area contributed by atoms with Crippen LogP contribution in [0.4, 0.5) is 0 Å². The molecule has 0 amide bonds. The van der Waals surface area contributed by atoms with Gasteiger partial charge in [0.05, 0.1) is 12.2 Å². The van der Waals surface area contributed by atoms with Gasteiger partial charge in [0.1, 0.15) is 0 Å². The van der Waals surface area contributed by atoms with Crippen molar-refractivity contribution >= 4 is 34.1 Å². The minimum absolute atomic E-state index is 0.282. The van der Waals surface area contributed by atoms with Crippen LogP contribution in [0.25, 0.3) is 12.2 Å². The van der Waals surface area contributed by atoms with Crippen molar-refractivity contribution in [3.63, 3.8) is 0 Å². The Hall–Kier alpha value is -1.87. The van der Waals surface area contributed by atoms with Gasteiger partial charge in [-0.15, -0.1) is 0 Å². The lowest BCUT2D eigenvalue weighted by Crippen LogP contribution is -2.03. The Labute approximate surface area is 127 Å². The summed E-state index contributed by atoms with van der Waals surface area (Å²) >= 11 is 3.41. The first-order valence-corrected chi connectivity index (χ1v) is 7.19. The Balaban J connectivity index is 2.07. The van der Waals surface area contributed by atoms with E-state index in [1.54, 1.807) is 19.1 Å². The van der Waals surface area contributed by atoms with Gasteiger partial charge in [0, 0.05) is 4.47 Å². The minimum atomic E-state index is -0.282. The summed E-state index contributed by atoms with van der Waals surface area (Å²) in [5, 5.41) is 0. The van der Waals surface area contributed by atoms with E-state index in [-0.39, 0.29) is 5.97 Å². The summed E-state index contributed by atoms with van der Waals surface area (Å²) in [6.07, 6.45) is 4.05. The van der Waals surface area contributed by atoms with E-state index in [0.717, 1.165) is 15.6 Å². The lowest BCUT2D eigenvalue weighted by Gasteiger charge is -2.01. The molecule has 0 saturated carbocycles. The van der Waals surface area contributed by atoms with Crippen LogP contribution in [0.5, 0.6) is 0 Å². The van der Waals surface area contributed by atoms with Gasteiger partial charge >= 0.3 is 5.97 Å². The zero-order valence-corrected chi connectivity index (χ0v) is 12.8. The number of esters is 1. The highest BCUT2D eigenvalue weighted by Gasteiger charge is 2.04. The molecule has 3 heteroatoms. The second kappa shape index (κ2) is 7.06. The van der Waals surface area contributed by atoms with Gasteiger partial charge in [0.2, 0.25) is 0 Å². The summed E-state index contributed by atoms with van der Waals surface area (Å²) in [4.78, 5) is 11.5. The Morgan fingerprint density at radius 2 is 1.50 bits per heavy atom. The molecule has 0 fully saturated rings. The molecule has 0 N–H and O–H groups in total. The number of hydrogen-bond donors (Lipinski definition) is 0. The van der Waals surface area contributed by atoms with Gasteiger partial charge in [-0.3, -0.25) is 0 Å². The first-order valence-electron chi connectivity index (χ1n) is 6.40. The van der Waals surface area contributed by atoms with Crippen LogP contribution in [-0.4, -0.2) is 12.6 Å². The molecule has 0 spiro atoms. The summed E-state index contributed by atoms with van der Waals surface area (Å²) in [6.45, 7) is 2.19. The second-order valence-electron chi connectivity index (χ2n) is 4.23. The molecule has 0 bridgehead atoms. The van der Waals surface area contributed by atoms with Crippen molar-refractivity contribution in [3.8, 4) is 0 Å². The molecule has 0 radical (unpaired) electrons. The lowest BCUT2D eigenvalue weighted by atomic mass is 10.1. The average Bonchev–Trinajstić information content (AvgIpc) is 2.47. The van der Waals surface area contributed by atoms with Crippen molar-refractivity contribution < 1.29 is 9.53 Å². The van der Waals surface area contributed by atoms with E-state index in [1.807, 2.05) is 48.6 Å². The van der Waals surface area contributed by atoms with Crippen LogP contribution in [0.15, 0.2) is 53.0 Å². The quantitative estimate of drug-likeness (QED) is 0.594. The van der Waals surface area contributed by atoms with E-state index in [9.17, 15) is 4.79 Å². The molecule has 0 aliphatic heterocycles. The van der Waals surface area contributed by atoms with Crippen LogP contribution >= 0.6 is 15.9 Å². The summed E-state index contributed by atoms with van der Waals surface area (Å²) in [5.41, 5.74) is 2.75. The van der Waals surface area contributed by atoms with E-state index in [2.05, 4.69) is 15.9 Å². The van der Waals surface area contributed by atoms with Crippen molar-refractivity contribution in [2.45, 2.75) is 6.92 Å². The fourth-order valence-electron chi connectivity index (χ4n) is 1.71. The third kappa shape index (κ3) is 4.07. The molecule has 0 unspecified atom stereocenters. The van der Waals surface area contributed by atoms with Crippen molar-refractivity contribution in [2.24, 2.45) is 0 Å². The molecule has 0 heterocycles. The SMILES string of the molecule is CCOC(=O)c1ccc(C=Cc2ccc(Br)cc2)cc1. The number of benzene rings is 2. The Morgan fingerprint density at radius 1 is 1.00 bits per heavy atom. The molecule has 0 aliphatic rings. The van der Waals surface area contributed by atoms with Crippen molar-refractivity contribution in [2.75, 3.05) is 6.61 Å². The summed E-state index contributed by atoms with van der Waals surface area (Å²) < 4.78 is 6.01.